The minimum Gasteiger partial charge on any atom is -0.345 e. The van der Waals surface area contributed by atoms with Crippen molar-refractivity contribution in [3.05, 3.63) is 41.7 Å². The minimum absolute atomic E-state index is 0.631. The van der Waals surface area contributed by atoms with Gasteiger partial charge in [-0.1, -0.05) is 29.5 Å². The molecule has 1 N–H and O–H groups in total. The first-order valence-electron chi connectivity index (χ1n) is 4.53. The minimum atomic E-state index is 0.631. The number of hydrogen-bond acceptors (Lipinski definition) is 1. The zero-order valence-electron chi connectivity index (χ0n) is 8.05. The van der Waals surface area contributed by atoms with Crippen molar-refractivity contribution in [3.63, 3.8) is 0 Å². The van der Waals surface area contributed by atoms with Crippen LogP contribution in [0.25, 0.3) is 11.0 Å². The summed E-state index contributed by atoms with van der Waals surface area (Å²) < 4.78 is 0. The van der Waals surface area contributed by atoms with Gasteiger partial charge in [0.1, 0.15) is 0 Å². The molecule has 0 saturated heterocycles. The van der Waals surface area contributed by atoms with Crippen LogP contribution in [0.5, 0.6) is 0 Å². The van der Waals surface area contributed by atoms with Crippen LogP contribution >= 0.6 is 11.6 Å². The Kier molecular flexibility index (Phi) is 2.75. The second-order valence-corrected chi connectivity index (χ2v) is 3.45. The molecule has 0 saturated carbocycles. The molecule has 2 rings (SSSR count). The topological polar surface area (TPSA) is 28.7 Å². The van der Waals surface area contributed by atoms with E-state index in [9.17, 15) is 0 Å². The van der Waals surface area contributed by atoms with Gasteiger partial charge in [-0.3, -0.25) is 0 Å². The average molecular weight is 217 g/mol. The lowest BCUT2D eigenvalue weighted by atomic mass is 10.2. The molecule has 0 bridgehead atoms. The summed E-state index contributed by atoms with van der Waals surface area (Å²) in [5.41, 5.74) is 2.62. The number of aromatic amines is 1. The van der Waals surface area contributed by atoms with Crippen LogP contribution in [0.1, 0.15) is 12.0 Å². The number of halogens is 1. The summed E-state index contributed by atoms with van der Waals surface area (Å²) in [6.07, 6.45) is 4.06. The van der Waals surface area contributed by atoms with E-state index in [1.54, 1.807) is 12.4 Å². The van der Waals surface area contributed by atoms with E-state index in [0.29, 0.717) is 11.4 Å². The Labute approximate surface area is 93.0 Å². The number of imidazole rings is 1. The van der Waals surface area contributed by atoms with E-state index in [-0.39, 0.29) is 0 Å². The van der Waals surface area contributed by atoms with Crippen LogP contribution in [-0.4, -0.2) is 9.97 Å². The van der Waals surface area contributed by atoms with Crippen LogP contribution < -0.4 is 0 Å². The number of fused-ring (bicyclic) bond motifs is 1. The third-order valence-electron chi connectivity index (χ3n) is 1.98. The van der Waals surface area contributed by atoms with Crippen molar-refractivity contribution < 1.29 is 0 Å². The second kappa shape index (κ2) is 4.20. The van der Waals surface area contributed by atoms with Crippen molar-refractivity contribution in [1.82, 2.24) is 9.97 Å². The Morgan fingerprint density at radius 1 is 1.53 bits per heavy atom. The second-order valence-electron chi connectivity index (χ2n) is 3.05. The predicted molar refractivity (Wildman–Crippen MR) is 62.8 cm³/mol. The highest BCUT2D eigenvalue weighted by Crippen LogP contribution is 2.20. The number of aromatic nitrogens is 2. The Bertz CT molecular complexity index is 558. The van der Waals surface area contributed by atoms with Gasteiger partial charge in [0.2, 0.25) is 0 Å². The van der Waals surface area contributed by atoms with E-state index >= 15 is 0 Å². The molecule has 74 valence electrons. The van der Waals surface area contributed by atoms with Gasteiger partial charge in [0.15, 0.2) is 0 Å². The summed E-state index contributed by atoms with van der Waals surface area (Å²) in [6.45, 7) is 3.60. The number of benzene rings is 1. The lowest BCUT2D eigenvalue weighted by molar-refractivity contribution is 1.34. The molecule has 0 fully saturated rings. The van der Waals surface area contributed by atoms with E-state index in [2.05, 4.69) is 28.4 Å². The highest BCUT2D eigenvalue weighted by molar-refractivity contribution is 6.32. The number of nitrogens with one attached hydrogen (secondary N) is 1. The lowest BCUT2D eigenvalue weighted by Gasteiger charge is -1.95. The molecule has 3 heteroatoms. The standard InChI is InChI=1S/C12H9ClN2/c1-2-3-4-5-9-6-11-12(7-10(9)13)15-8-14-11/h2,6-8H,1,3H2,(H,14,15). The van der Waals surface area contributed by atoms with Crippen molar-refractivity contribution in [2.45, 2.75) is 6.42 Å². The van der Waals surface area contributed by atoms with Gasteiger partial charge in [-0.05, 0) is 12.1 Å². The van der Waals surface area contributed by atoms with Crippen LogP contribution in [0.3, 0.4) is 0 Å². The summed E-state index contributed by atoms with van der Waals surface area (Å²) in [5.74, 6) is 5.96. The molecule has 2 nitrogen and oxygen atoms in total. The first kappa shape index (κ1) is 9.82. The van der Waals surface area contributed by atoms with E-state index < -0.39 is 0 Å². The third kappa shape index (κ3) is 2.03. The summed E-state index contributed by atoms with van der Waals surface area (Å²) >= 11 is 6.06. The van der Waals surface area contributed by atoms with Gasteiger partial charge in [0.25, 0.3) is 0 Å². The molecule has 0 atom stereocenters. The average Bonchev–Trinajstić information content (AvgIpc) is 2.65. The molecule has 2 aromatic rings. The van der Waals surface area contributed by atoms with E-state index in [1.165, 1.54) is 0 Å². The highest BCUT2D eigenvalue weighted by atomic mass is 35.5. The van der Waals surface area contributed by atoms with Crippen LogP contribution in [0.15, 0.2) is 31.1 Å². The van der Waals surface area contributed by atoms with E-state index in [1.807, 2.05) is 12.1 Å². The summed E-state index contributed by atoms with van der Waals surface area (Å²) in [4.78, 5) is 7.13. The molecule has 0 radical (unpaired) electrons. The Morgan fingerprint density at radius 2 is 2.40 bits per heavy atom. The maximum absolute atomic E-state index is 6.06. The molecular formula is C12H9ClN2. The third-order valence-corrected chi connectivity index (χ3v) is 2.29. The highest BCUT2D eigenvalue weighted by Gasteiger charge is 2.01. The molecule has 1 heterocycles. The zero-order valence-corrected chi connectivity index (χ0v) is 8.80. The van der Waals surface area contributed by atoms with Gasteiger partial charge in [-0.15, -0.1) is 6.58 Å². The molecule has 1 aromatic heterocycles. The number of allylic oxidation sites excluding steroid dienone is 1. The van der Waals surface area contributed by atoms with Crippen molar-refractivity contribution in [2.24, 2.45) is 0 Å². The van der Waals surface area contributed by atoms with E-state index in [0.717, 1.165) is 16.6 Å². The zero-order chi connectivity index (χ0) is 10.7. The maximum atomic E-state index is 6.06. The van der Waals surface area contributed by atoms with Crippen LogP contribution in [0, 0.1) is 11.8 Å². The summed E-state index contributed by atoms with van der Waals surface area (Å²) in [6, 6.07) is 3.71. The Morgan fingerprint density at radius 3 is 3.20 bits per heavy atom. The molecule has 0 aliphatic carbocycles. The molecule has 15 heavy (non-hydrogen) atoms. The van der Waals surface area contributed by atoms with Gasteiger partial charge < -0.3 is 4.98 Å². The first-order chi connectivity index (χ1) is 7.31. The first-order valence-corrected chi connectivity index (χ1v) is 4.91. The van der Waals surface area contributed by atoms with Gasteiger partial charge in [0.05, 0.1) is 22.4 Å². The van der Waals surface area contributed by atoms with E-state index in [4.69, 9.17) is 11.6 Å². The quantitative estimate of drug-likeness (QED) is 0.576. The van der Waals surface area contributed by atoms with Crippen LogP contribution in [0.2, 0.25) is 5.02 Å². The number of nitrogens with zero attached hydrogens (tertiary/aromatic N) is 1. The van der Waals surface area contributed by atoms with Crippen molar-refractivity contribution in [1.29, 1.82) is 0 Å². The maximum Gasteiger partial charge on any atom is 0.0931 e. The fraction of sp³-hybridized carbons (Fsp3) is 0.0833. The fourth-order valence-corrected chi connectivity index (χ4v) is 1.48. The monoisotopic (exact) mass is 216 g/mol. The van der Waals surface area contributed by atoms with Gasteiger partial charge >= 0.3 is 0 Å². The van der Waals surface area contributed by atoms with Gasteiger partial charge in [-0.25, -0.2) is 4.98 Å². The molecule has 0 amide bonds. The van der Waals surface area contributed by atoms with Gasteiger partial charge in [0, 0.05) is 12.0 Å². The molecule has 0 spiro atoms. The van der Waals surface area contributed by atoms with Gasteiger partial charge in [-0.2, -0.15) is 0 Å². The van der Waals surface area contributed by atoms with Crippen LogP contribution in [-0.2, 0) is 0 Å². The Hall–Kier alpha value is -1.72. The van der Waals surface area contributed by atoms with Crippen molar-refractivity contribution in [3.8, 4) is 11.8 Å². The SMILES string of the molecule is C=CCC#Cc1cc2[nH]cnc2cc1Cl. The predicted octanol–water partition coefficient (Wildman–Crippen LogP) is 3.14. The molecule has 0 aliphatic heterocycles. The Balaban J connectivity index is 2.47. The molecule has 1 aromatic carbocycles. The number of hydrogen-bond donors (Lipinski definition) is 1. The van der Waals surface area contributed by atoms with Crippen molar-refractivity contribution >= 4 is 22.6 Å². The fourth-order valence-electron chi connectivity index (χ4n) is 1.27. The largest absolute Gasteiger partial charge is 0.345 e. The van der Waals surface area contributed by atoms with Crippen LogP contribution in [0.4, 0.5) is 0 Å². The number of rotatable bonds is 1. The number of H-pyrrole nitrogens is 1. The molecule has 0 aliphatic rings. The summed E-state index contributed by atoms with van der Waals surface area (Å²) in [5, 5.41) is 0.631. The van der Waals surface area contributed by atoms with Crippen molar-refractivity contribution in [2.75, 3.05) is 0 Å². The normalized spacial score (nSPS) is 9.67. The molecule has 0 unspecified atom stereocenters. The lowest BCUT2D eigenvalue weighted by Crippen LogP contribution is -1.78. The smallest absolute Gasteiger partial charge is 0.0931 e. The molecular weight excluding hydrogens is 208 g/mol. The summed E-state index contributed by atoms with van der Waals surface area (Å²) in [7, 11) is 0.